The smallest absolute Gasteiger partial charge is 0.277 e. The Kier molecular flexibility index (Phi) is 4.10. The lowest BCUT2D eigenvalue weighted by atomic mass is 10.1. The summed E-state index contributed by atoms with van der Waals surface area (Å²) in [4.78, 5) is 34.1. The van der Waals surface area contributed by atoms with Gasteiger partial charge in [0.05, 0.1) is 10.6 Å². The number of thiophene rings is 1. The highest BCUT2D eigenvalue weighted by molar-refractivity contribution is 7.12. The van der Waals surface area contributed by atoms with Crippen LogP contribution >= 0.6 is 11.3 Å². The van der Waals surface area contributed by atoms with Gasteiger partial charge in [-0.15, -0.1) is 11.3 Å². The van der Waals surface area contributed by atoms with Crippen molar-refractivity contribution in [1.82, 2.24) is 19.6 Å². The van der Waals surface area contributed by atoms with E-state index in [-0.39, 0.29) is 23.2 Å². The van der Waals surface area contributed by atoms with E-state index in [1.807, 2.05) is 35.7 Å². The minimum Gasteiger partial charge on any atom is -0.290 e. The van der Waals surface area contributed by atoms with Crippen LogP contribution in [0, 0.1) is 6.92 Å². The zero-order chi connectivity index (χ0) is 18.1. The van der Waals surface area contributed by atoms with Crippen LogP contribution in [-0.2, 0) is 6.42 Å². The van der Waals surface area contributed by atoms with Crippen molar-refractivity contribution in [3.05, 3.63) is 79.9 Å². The van der Waals surface area contributed by atoms with Gasteiger partial charge in [-0.3, -0.25) is 20.0 Å². The number of carbonyl (C=O) groups excluding carboxylic acids is 1. The van der Waals surface area contributed by atoms with Crippen LogP contribution in [0.5, 0.6) is 0 Å². The number of rotatable bonds is 4. The Balaban J connectivity index is 1.69. The maximum Gasteiger partial charge on any atom is 0.277 e. The van der Waals surface area contributed by atoms with E-state index >= 15 is 0 Å². The molecule has 0 spiro atoms. The zero-order valence-electron chi connectivity index (χ0n) is 13.9. The van der Waals surface area contributed by atoms with Gasteiger partial charge in [-0.05, 0) is 23.9 Å². The molecule has 3 heterocycles. The summed E-state index contributed by atoms with van der Waals surface area (Å²) in [5, 5.41) is 7.29. The number of nitrogens with zero attached hydrogens (tertiary/aromatic N) is 3. The van der Waals surface area contributed by atoms with E-state index in [1.54, 1.807) is 19.1 Å². The van der Waals surface area contributed by atoms with E-state index in [0.29, 0.717) is 22.6 Å². The molecule has 0 saturated carbocycles. The molecule has 7 nitrogen and oxygen atoms in total. The molecule has 0 fully saturated rings. The van der Waals surface area contributed by atoms with E-state index in [0.717, 1.165) is 5.56 Å². The minimum atomic E-state index is -0.284. The van der Waals surface area contributed by atoms with Gasteiger partial charge in [-0.2, -0.15) is 9.50 Å². The fourth-order valence-electron chi connectivity index (χ4n) is 2.69. The first-order chi connectivity index (χ1) is 12.6. The highest BCUT2D eigenvalue weighted by atomic mass is 32.1. The van der Waals surface area contributed by atoms with Crippen LogP contribution in [0.15, 0.2) is 52.6 Å². The molecule has 0 aliphatic heterocycles. The molecule has 4 aromatic rings. The summed E-state index contributed by atoms with van der Waals surface area (Å²) in [6.07, 6.45) is 0.483. The number of aromatic nitrogens is 4. The number of fused-ring (bicyclic) bond motifs is 1. The minimum absolute atomic E-state index is 0.185. The molecular weight excluding hydrogens is 350 g/mol. The van der Waals surface area contributed by atoms with Crippen LogP contribution in [0.2, 0.25) is 0 Å². The summed E-state index contributed by atoms with van der Waals surface area (Å²) in [5.41, 5.74) is 2.02. The first-order valence-corrected chi connectivity index (χ1v) is 8.87. The Hall–Kier alpha value is -3.26. The molecule has 2 N–H and O–H groups in total. The second kappa shape index (κ2) is 6.57. The van der Waals surface area contributed by atoms with Gasteiger partial charge < -0.3 is 0 Å². The number of hydrogen-bond acceptors (Lipinski definition) is 5. The van der Waals surface area contributed by atoms with Crippen LogP contribution < -0.4 is 10.9 Å². The number of benzene rings is 1. The lowest BCUT2D eigenvalue weighted by Gasteiger charge is -2.04. The van der Waals surface area contributed by atoms with E-state index < -0.39 is 0 Å². The molecule has 0 aliphatic carbocycles. The summed E-state index contributed by atoms with van der Waals surface area (Å²) in [5.74, 6) is 0.128. The van der Waals surface area contributed by atoms with Crippen LogP contribution in [0.25, 0.3) is 5.78 Å². The number of aromatic amines is 1. The van der Waals surface area contributed by atoms with Gasteiger partial charge in [0.25, 0.3) is 17.2 Å². The largest absolute Gasteiger partial charge is 0.290 e. The third-order valence-electron chi connectivity index (χ3n) is 4.00. The van der Waals surface area contributed by atoms with Crippen molar-refractivity contribution in [3.63, 3.8) is 0 Å². The Labute approximate surface area is 152 Å². The molecule has 0 saturated heterocycles. The number of hydrogen-bond donors (Lipinski definition) is 2. The molecule has 8 heteroatoms. The average Bonchev–Trinajstić information content (AvgIpc) is 3.29. The Bertz CT molecular complexity index is 1130. The number of amides is 1. The molecule has 0 aliphatic rings. The van der Waals surface area contributed by atoms with Crippen LogP contribution in [0.1, 0.15) is 26.5 Å². The predicted octanol–water partition coefficient (Wildman–Crippen LogP) is 2.63. The van der Waals surface area contributed by atoms with Gasteiger partial charge in [0, 0.05) is 12.0 Å². The van der Waals surface area contributed by atoms with Crippen molar-refractivity contribution in [2.24, 2.45) is 0 Å². The van der Waals surface area contributed by atoms with Crippen molar-refractivity contribution in [1.29, 1.82) is 0 Å². The average molecular weight is 365 g/mol. The van der Waals surface area contributed by atoms with Crippen molar-refractivity contribution >= 4 is 29.0 Å². The quantitative estimate of drug-likeness (QED) is 0.581. The van der Waals surface area contributed by atoms with Gasteiger partial charge in [0.1, 0.15) is 0 Å². The molecule has 0 radical (unpaired) electrons. The fourth-order valence-corrected chi connectivity index (χ4v) is 3.31. The molecule has 1 amide bonds. The third-order valence-corrected chi connectivity index (χ3v) is 4.86. The van der Waals surface area contributed by atoms with Crippen molar-refractivity contribution in [2.45, 2.75) is 13.3 Å². The summed E-state index contributed by atoms with van der Waals surface area (Å²) in [7, 11) is 0. The van der Waals surface area contributed by atoms with Crippen molar-refractivity contribution in [3.8, 4) is 0 Å². The second-order valence-electron chi connectivity index (χ2n) is 5.78. The molecule has 26 heavy (non-hydrogen) atoms. The molecule has 0 atom stereocenters. The fraction of sp³-hybridized carbons (Fsp3) is 0.111. The summed E-state index contributed by atoms with van der Waals surface area (Å²) < 4.78 is 1.26. The highest BCUT2D eigenvalue weighted by Gasteiger charge is 2.15. The Morgan fingerprint density at radius 3 is 2.73 bits per heavy atom. The Morgan fingerprint density at radius 1 is 1.19 bits per heavy atom. The predicted molar refractivity (Wildman–Crippen MR) is 99.9 cm³/mol. The second-order valence-corrected chi connectivity index (χ2v) is 6.73. The normalized spacial score (nSPS) is 11.0. The highest BCUT2D eigenvalue weighted by Crippen LogP contribution is 2.13. The van der Waals surface area contributed by atoms with Crippen LogP contribution in [0.3, 0.4) is 0 Å². The van der Waals surface area contributed by atoms with Gasteiger partial charge in [-0.25, -0.2) is 4.98 Å². The molecule has 3 aromatic heterocycles. The number of aryl methyl sites for hydroxylation is 1. The Morgan fingerprint density at radius 2 is 2.00 bits per heavy atom. The van der Waals surface area contributed by atoms with E-state index in [4.69, 9.17) is 0 Å². The molecule has 1 aromatic carbocycles. The lowest BCUT2D eigenvalue weighted by Crippen LogP contribution is -2.22. The molecular formula is C18H15N5O2S. The number of anilines is 1. The first kappa shape index (κ1) is 16.2. The topological polar surface area (TPSA) is 92.2 Å². The van der Waals surface area contributed by atoms with Crippen LogP contribution in [0.4, 0.5) is 5.95 Å². The summed E-state index contributed by atoms with van der Waals surface area (Å²) in [6.45, 7) is 1.79. The summed E-state index contributed by atoms with van der Waals surface area (Å²) >= 11 is 1.33. The van der Waals surface area contributed by atoms with Crippen molar-refractivity contribution in [2.75, 3.05) is 5.32 Å². The monoisotopic (exact) mass is 365 g/mol. The first-order valence-electron chi connectivity index (χ1n) is 7.99. The lowest BCUT2D eigenvalue weighted by molar-refractivity contribution is 0.102. The van der Waals surface area contributed by atoms with Crippen LogP contribution in [-0.4, -0.2) is 25.5 Å². The maximum absolute atomic E-state index is 12.8. The van der Waals surface area contributed by atoms with E-state index in [9.17, 15) is 9.59 Å². The van der Waals surface area contributed by atoms with E-state index in [1.165, 1.54) is 15.9 Å². The summed E-state index contributed by atoms with van der Waals surface area (Å²) in [6, 6.07) is 13.2. The van der Waals surface area contributed by atoms with Gasteiger partial charge in [-0.1, -0.05) is 36.4 Å². The maximum atomic E-state index is 12.8. The third kappa shape index (κ3) is 3.02. The van der Waals surface area contributed by atoms with Gasteiger partial charge in [0.15, 0.2) is 0 Å². The van der Waals surface area contributed by atoms with Crippen molar-refractivity contribution < 1.29 is 4.79 Å². The van der Waals surface area contributed by atoms with E-state index in [2.05, 4.69) is 20.4 Å². The molecule has 130 valence electrons. The van der Waals surface area contributed by atoms with Gasteiger partial charge >= 0.3 is 0 Å². The standard InChI is InChI=1S/C18H15N5O2S/c1-11-13(10-12-6-3-2-4-7-12)16(25)23-18(19-11)21-17(22-23)20-15(24)14-8-5-9-26-14/h2-9H,10H2,1H3,(H2,19,20,21,22,24). The van der Waals surface area contributed by atoms with Gasteiger partial charge in [0.2, 0.25) is 5.95 Å². The number of nitrogens with one attached hydrogen (secondary N) is 2. The number of carbonyl (C=O) groups is 1. The zero-order valence-corrected chi connectivity index (χ0v) is 14.7. The SMILES string of the molecule is Cc1nc2nc(NC(=O)c3cccs3)[nH]n2c(=O)c1Cc1ccccc1. The number of H-pyrrole nitrogens is 1. The molecule has 0 unspecified atom stereocenters. The molecule has 0 bridgehead atoms. The molecule has 4 rings (SSSR count).